The van der Waals surface area contributed by atoms with Crippen molar-refractivity contribution < 1.29 is 4.79 Å². The molecular formula is C12H18N2OS. The molecule has 4 heteroatoms. The maximum atomic E-state index is 12.3. The molecule has 1 N–H and O–H groups in total. The first-order chi connectivity index (χ1) is 7.62. The first-order valence-corrected chi connectivity index (χ1v) is 6.48. The molecule has 3 nitrogen and oxygen atoms in total. The van der Waals surface area contributed by atoms with Crippen molar-refractivity contribution in [3.05, 3.63) is 22.4 Å². The largest absolute Gasteiger partial charge is 0.340 e. The maximum Gasteiger partial charge on any atom is 0.229 e. The van der Waals surface area contributed by atoms with Gasteiger partial charge in [-0.25, -0.2) is 0 Å². The number of nitrogens with one attached hydrogen (secondary N) is 1. The summed E-state index contributed by atoms with van der Waals surface area (Å²) >= 11 is 1.70. The van der Waals surface area contributed by atoms with E-state index in [1.807, 2.05) is 23.4 Å². The quantitative estimate of drug-likeness (QED) is 0.869. The van der Waals surface area contributed by atoms with Crippen LogP contribution in [-0.2, 0) is 11.3 Å². The molecule has 1 aromatic rings. The maximum absolute atomic E-state index is 12.3. The molecule has 88 valence electrons. The summed E-state index contributed by atoms with van der Waals surface area (Å²) in [6, 6.07) is 4.10. The van der Waals surface area contributed by atoms with Crippen molar-refractivity contribution >= 4 is 17.2 Å². The molecule has 1 saturated heterocycles. The van der Waals surface area contributed by atoms with Gasteiger partial charge in [0.2, 0.25) is 5.91 Å². The highest BCUT2D eigenvalue weighted by molar-refractivity contribution is 7.09. The lowest BCUT2D eigenvalue weighted by molar-refractivity contribution is -0.139. The molecule has 1 fully saturated rings. The van der Waals surface area contributed by atoms with E-state index in [1.165, 1.54) is 4.88 Å². The van der Waals surface area contributed by atoms with E-state index in [0.29, 0.717) is 0 Å². The van der Waals surface area contributed by atoms with E-state index in [4.69, 9.17) is 0 Å². The Bertz CT molecular complexity index is 355. The Morgan fingerprint density at radius 1 is 1.69 bits per heavy atom. The van der Waals surface area contributed by atoms with Gasteiger partial charge in [-0.15, -0.1) is 11.3 Å². The van der Waals surface area contributed by atoms with Gasteiger partial charge in [0.1, 0.15) is 0 Å². The third-order valence-corrected chi connectivity index (χ3v) is 4.07. The van der Waals surface area contributed by atoms with Crippen LogP contribution in [0.4, 0.5) is 0 Å². The number of rotatable bonds is 3. The minimum absolute atomic E-state index is 0.202. The van der Waals surface area contributed by atoms with Crippen molar-refractivity contribution in [1.29, 1.82) is 0 Å². The zero-order valence-electron chi connectivity index (χ0n) is 9.82. The summed E-state index contributed by atoms with van der Waals surface area (Å²) < 4.78 is 0. The number of thiophene rings is 1. The van der Waals surface area contributed by atoms with Crippen LogP contribution >= 0.6 is 11.3 Å². The zero-order chi connectivity index (χ0) is 11.6. The van der Waals surface area contributed by atoms with Gasteiger partial charge in [-0.1, -0.05) is 6.07 Å². The Morgan fingerprint density at radius 2 is 2.50 bits per heavy atom. The molecular weight excluding hydrogens is 220 g/mol. The van der Waals surface area contributed by atoms with Crippen LogP contribution < -0.4 is 5.32 Å². The lowest BCUT2D eigenvalue weighted by Crippen LogP contribution is -2.41. The molecule has 1 aromatic heterocycles. The van der Waals surface area contributed by atoms with Crippen molar-refractivity contribution in [3.63, 3.8) is 0 Å². The topological polar surface area (TPSA) is 32.3 Å². The summed E-state index contributed by atoms with van der Waals surface area (Å²) in [6.07, 6.45) is 0.945. The lowest BCUT2D eigenvalue weighted by Gasteiger charge is -2.28. The van der Waals surface area contributed by atoms with Crippen molar-refractivity contribution in [2.24, 2.45) is 5.41 Å². The number of carbonyl (C=O) groups excluding carboxylic acids is 1. The van der Waals surface area contributed by atoms with E-state index in [2.05, 4.69) is 18.3 Å². The molecule has 0 saturated carbocycles. The standard InChI is InChI=1S/C12H18N2OS/c1-12(5-6-13-9-12)11(15)14(2)8-10-4-3-7-16-10/h3-4,7,13H,5-6,8-9H2,1-2H3. The summed E-state index contributed by atoms with van der Waals surface area (Å²) in [5.74, 6) is 0.255. The van der Waals surface area contributed by atoms with Crippen LogP contribution in [0.3, 0.4) is 0 Å². The van der Waals surface area contributed by atoms with Gasteiger partial charge in [0.15, 0.2) is 0 Å². The van der Waals surface area contributed by atoms with Gasteiger partial charge in [0.25, 0.3) is 0 Å². The monoisotopic (exact) mass is 238 g/mol. The predicted molar refractivity (Wildman–Crippen MR) is 66.4 cm³/mol. The number of carbonyl (C=O) groups is 1. The van der Waals surface area contributed by atoms with Gasteiger partial charge in [-0.05, 0) is 31.3 Å². The molecule has 1 amide bonds. The molecule has 1 aliphatic rings. The smallest absolute Gasteiger partial charge is 0.229 e. The van der Waals surface area contributed by atoms with Gasteiger partial charge in [-0.3, -0.25) is 4.79 Å². The second-order valence-electron chi connectivity index (χ2n) is 4.73. The summed E-state index contributed by atoms with van der Waals surface area (Å²) in [6.45, 7) is 4.54. The van der Waals surface area contributed by atoms with Crippen LogP contribution in [0.1, 0.15) is 18.2 Å². The Morgan fingerprint density at radius 3 is 3.06 bits per heavy atom. The molecule has 1 atom stereocenters. The van der Waals surface area contributed by atoms with Crippen molar-refractivity contribution in [1.82, 2.24) is 10.2 Å². The number of amides is 1. The Labute approximate surface area is 100 Å². The normalized spacial score (nSPS) is 24.6. The highest BCUT2D eigenvalue weighted by Gasteiger charge is 2.38. The molecule has 0 aliphatic carbocycles. The summed E-state index contributed by atoms with van der Waals surface area (Å²) in [5.41, 5.74) is -0.202. The number of hydrogen-bond acceptors (Lipinski definition) is 3. The molecule has 0 bridgehead atoms. The van der Waals surface area contributed by atoms with E-state index in [-0.39, 0.29) is 11.3 Å². The minimum atomic E-state index is -0.202. The highest BCUT2D eigenvalue weighted by atomic mass is 32.1. The Balaban J connectivity index is 1.99. The van der Waals surface area contributed by atoms with Crippen molar-refractivity contribution in [3.8, 4) is 0 Å². The van der Waals surface area contributed by atoms with E-state index in [9.17, 15) is 4.79 Å². The Hall–Kier alpha value is -0.870. The molecule has 2 rings (SSSR count). The second-order valence-corrected chi connectivity index (χ2v) is 5.76. The fourth-order valence-electron chi connectivity index (χ4n) is 2.17. The van der Waals surface area contributed by atoms with Gasteiger partial charge in [-0.2, -0.15) is 0 Å². The van der Waals surface area contributed by atoms with E-state index in [1.54, 1.807) is 11.3 Å². The average molecular weight is 238 g/mol. The molecule has 16 heavy (non-hydrogen) atoms. The van der Waals surface area contributed by atoms with Gasteiger partial charge in [0.05, 0.1) is 12.0 Å². The van der Waals surface area contributed by atoms with Crippen LogP contribution in [0.15, 0.2) is 17.5 Å². The molecule has 0 spiro atoms. The van der Waals surface area contributed by atoms with E-state index >= 15 is 0 Å². The third-order valence-electron chi connectivity index (χ3n) is 3.20. The first-order valence-electron chi connectivity index (χ1n) is 5.60. The highest BCUT2D eigenvalue weighted by Crippen LogP contribution is 2.27. The minimum Gasteiger partial charge on any atom is -0.340 e. The third kappa shape index (κ3) is 2.28. The zero-order valence-corrected chi connectivity index (χ0v) is 10.6. The average Bonchev–Trinajstić information content (AvgIpc) is 2.89. The molecule has 0 radical (unpaired) electrons. The van der Waals surface area contributed by atoms with Crippen LogP contribution in [0.5, 0.6) is 0 Å². The Kier molecular flexibility index (Phi) is 3.30. The van der Waals surface area contributed by atoms with Crippen LogP contribution in [-0.4, -0.2) is 30.9 Å². The first kappa shape index (κ1) is 11.6. The van der Waals surface area contributed by atoms with Crippen LogP contribution in [0, 0.1) is 5.41 Å². The fraction of sp³-hybridized carbons (Fsp3) is 0.583. The molecule has 2 heterocycles. The summed E-state index contributed by atoms with van der Waals surface area (Å²) in [4.78, 5) is 15.4. The van der Waals surface area contributed by atoms with Crippen molar-refractivity contribution in [2.45, 2.75) is 19.9 Å². The van der Waals surface area contributed by atoms with Crippen LogP contribution in [0.25, 0.3) is 0 Å². The van der Waals surface area contributed by atoms with E-state index in [0.717, 1.165) is 26.1 Å². The van der Waals surface area contributed by atoms with Crippen LogP contribution in [0.2, 0.25) is 0 Å². The predicted octanol–water partition coefficient (Wildman–Crippen LogP) is 1.71. The summed E-state index contributed by atoms with van der Waals surface area (Å²) in [7, 11) is 1.89. The number of hydrogen-bond donors (Lipinski definition) is 1. The molecule has 0 aromatic carbocycles. The SMILES string of the molecule is CN(Cc1cccs1)C(=O)C1(C)CCNC1. The summed E-state index contributed by atoms with van der Waals surface area (Å²) in [5, 5.41) is 5.31. The van der Waals surface area contributed by atoms with Gasteiger partial charge < -0.3 is 10.2 Å². The second kappa shape index (κ2) is 4.55. The lowest BCUT2D eigenvalue weighted by atomic mass is 9.88. The molecule has 1 aliphatic heterocycles. The van der Waals surface area contributed by atoms with Gasteiger partial charge in [0, 0.05) is 18.5 Å². The van der Waals surface area contributed by atoms with E-state index < -0.39 is 0 Å². The number of nitrogens with zero attached hydrogens (tertiary/aromatic N) is 1. The molecule has 1 unspecified atom stereocenters. The van der Waals surface area contributed by atoms with Crippen molar-refractivity contribution in [2.75, 3.05) is 20.1 Å². The van der Waals surface area contributed by atoms with Gasteiger partial charge >= 0.3 is 0 Å². The fourth-order valence-corrected chi connectivity index (χ4v) is 2.93.